The van der Waals surface area contributed by atoms with Crippen molar-refractivity contribution in [2.75, 3.05) is 5.73 Å². The number of carbonyl (C=O) groups is 1. The number of halogens is 1. The van der Waals surface area contributed by atoms with Gasteiger partial charge in [0.2, 0.25) is 0 Å². The first kappa shape index (κ1) is 14.4. The fourth-order valence-corrected chi connectivity index (χ4v) is 2.15. The molecule has 4 heteroatoms. The molecule has 104 valence electrons. The van der Waals surface area contributed by atoms with Crippen LogP contribution in [0.1, 0.15) is 28.4 Å². The molecule has 0 aliphatic heterocycles. The summed E-state index contributed by atoms with van der Waals surface area (Å²) in [7, 11) is 0. The van der Waals surface area contributed by atoms with Crippen LogP contribution in [0.5, 0.6) is 0 Å². The first-order valence-electron chi connectivity index (χ1n) is 6.51. The minimum absolute atomic E-state index is 0.153. The van der Waals surface area contributed by atoms with Gasteiger partial charge in [0.05, 0.1) is 10.7 Å². The van der Waals surface area contributed by atoms with Crippen molar-refractivity contribution in [3.8, 4) is 0 Å². The monoisotopic (exact) mass is 288 g/mol. The maximum Gasteiger partial charge on any atom is 0.251 e. The standard InChI is InChI=1S/C16H17ClN2O/c1-2-11-5-3-4-6-13(11)10-19-16(20)12-7-8-14(17)15(18)9-12/h3-9H,2,10,18H2,1H3,(H,19,20). The Morgan fingerprint density at radius 3 is 2.55 bits per heavy atom. The Morgan fingerprint density at radius 2 is 1.90 bits per heavy atom. The second-order valence-electron chi connectivity index (χ2n) is 4.54. The number of hydrogen-bond donors (Lipinski definition) is 2. The highest BCUT2D eigenvalue weighted by Crippen LogP contribution is 2.19. The number of nitrogens with two attached hydrogens (primary N) is 1. The van der Waals surface area contributed by atoms with Crippen molar-refractivity contribution in [3.05, 3.63) is 64.2 Å². The number of hydrogen-bond acceptors (Lipinski definition) is 2. The average molecular weight is 289 g/mol. The lowest BCUT2D eigenvalue weighted by atomic mass is 10.1. The maximum atomic E-state index is 12.1. The zero-order valence-corrected chi connectivity index (χ0v) is 12.1. The highest BCUT2D eigenvalue weighted by molar-refractivity contribution is 6.33. The van der Waals surface area contributed by atoms with Crippen molar-refractivity contribution in [2.45, 2.75) is 19.9 Å². The van der Waals surface area contributed by atoms with Crippen LogP contribution in [0.4, 0.5) is 5.69 Å². The van der Waals surface area contributed by atoms with E-state index in [1.54, 1.807) is 18.2 Å². The van der Waals surface area contributed by atoms with Gasteiger partial charge in [-0.2, -0.15) is 0 Å². The molecule has 0 saturated carbocycles. The molecule has 0 aliphatic rings. The summed E-state index contributed by atoms with van der Waals surface area (Å²) < 4.78 is 0. The van der Waals surface area contributed by atoms with E-state index in [0.29, 0.717) is 22.8 Å². The van der Waals surface area contributed by atoms with Gasteiger partial charge in [0.25, 0.3) is 5.91 Å². The summed E-state index contributed by atoms with van der Waals surface area (Å²) in [5.41, 5.74) is 8.99. The van der Waals surface area contributed by atoms with Crippen LogP contribution in [-0.2, 0) is 13.0 Å². The van der Waals surface area contributed by atoms with E-state index >= 15 is 0 Å². The van der Waals surface area contributed by atoms with Crippen molar-refractivity contribution in [2.24, 2.45) is 0 Å². The summed E-state index contributed by atoms with van der Waals surface area (Å²) in [6.45, 7) is 2.60. The number of benzene rings is 2. The van der Waals surface area contributed by atoms with E-state index in [-0.39, 0.29) is 5.91 Å². The molecule has 0 aromatic heterocycles. The highest BCUT2D eigenvalue weighted by atomic mass is 35.5. The number of carbonyl (C=O) groups excluding carboxylic acids is 1. The molecular formula is C16H17ClN2O. The summed E-state index contributed by atoms with van der Waals surface area (Å²) in [6.07, 6.45) is 0.944. The molecule has 0 heterocycles. The second-order valence-corrected chi connectivity index (χ2v) is 4.95. The van der Waals surface area contributed by atoms with Gasteiger partial charge in [0, 0.05) is 12.1 Å². The fourth-order valence-electron chi connectivity index (χ4n) is 2.04. The molecule has 3 nitrogen and oxygen atoms in total. The average Bonchev–Trinajstić information content (AvgIpc) is 2.47. The number of rotatable bonds is 4. The van der Waals surface area contributed by atoms with Gasteiger partial charge >= 0.3 is 0 Å². The number of aryl methyl sites for hydroxylation is 1. The van der Waals surface area contributed by atoms with Gasteiger partial charge in [-0.1, -0.05) is 42.8 Å². The lowest BCUT2D eigenvalue weighted by Crippen LogP contribution is -2.23. The molecule has 0 spiro atoms. The van der Waals surface area contributed by atoms with Gasteiger partial charge in [-0.05, 0) is 35.7 Å². The van der Waals surface area contributed by atoms with Gasteiger partial charge in [0.15, 0.2) is 0 Å². The Balaban J connectivity index is 2.06. The Bertz CT molecular complexity index is 626. The highest BCUT2D eigenvalue weighted by Gasteiger charge is 2.08. The van der Waals surface area contributed by atoms with E-state index in [9.17, 15) is 4.79 Å². The summed E-state index contributed by atoms with van der Waals surface area (Å²) >= 11 is 5.84. The molecular weight excluding hydrogens is 272 g/mol. The molecule has 2 aromatic carbocycles. The van der Waals surface area contributed by atoms with E-state index < -0.39 is 0 Å². The van der Waals surface area contributed by atoms with E-state index in [4.69, 9.17) is 17.3 Å². The van der Waals surface area contributed by atoms with Crippen LogP contribution in [0.3, 0.4) is 0 Å². The van der Waals surface area contributed by atoms with Crippen molar-refractivity contribution in [1.29, 1.82) is 0 Å². The SMILES string of the molecule is CCc1ccccc1CNC(=O)c1ccc(Cl)c(N)c1. The van der Waals surface area contributed by atoms with E-state index in [2.05, 4.69) is 18.3 Å². The lowest BCUT2D eigenvalue weighted by Gasteiger charge is -2.10. The lowest BCUT2D eigenvalue weighted by molar-refractivity contribution is 0.0951. The maximum absolute atomic E-state index is 12.1. The summed E-state index contributed by atoms with van der Waals surface area (Å²) in [5, 5.41) is 3.36. The summed E-state index contributed by atoms with van der Waals surface area (Å²) in [6, 6.07) is 13.0. The predicted octanol–water partition coefficient (Wildman–Crippen LogP) is 3.41. The van der Waals surface area contributed by atoms with Crippen LogP contribution < -0.4 is 11.1 Å². The third kappa shape index (κ3) is 3.31. The van der Waals surface area contributed by atoms with E-state index in [0.717, 1.165) is 12.0 Å². The molecule has 2 rings (SSSR count). The zero-order chi connectivity index (χ0) is 14.5. The number of nitrogen functional groups attached to an aromatic ring is 1. The quantitative estimate of drug-likeness (QED) is 0.847. The van der Waals surface area contributed by atoms with Crippen LogP contribution in [0, 0.1) is 0 Å². The Labute approximate surface area is 123 Å². The Kier molecular flexibility index (Phi) is 4.64. The molecule has 0 atom stereocenters. The van der Waals surface area contributed by atoms with Gasteiger partial charge < -0.3 is 11.1 Å². The van der Waals surface area contributed by atoms with Crippen molar-refractivity contribution in [1.82, 2.24) is 5.32 Å². The van der Waals surface area contributed by atoms with Crippen LogP contribution in [-0.4, -0.2) is 5.91 Å². The number of nitrogens with one attached hydrogen (secondary N) is 1. The van der Waals surface area contributed by atoms with E-state index in [1.165, 1.54) is 5.56 Å². The molecule has 0 aliphatic carbocycles. The summed E-state index contributed by atoms with van der Waals surface area (Å²) in [4.78, 5) is 12.1. The molecule has 20 heavy (non-hydrogen) atoms. The molecule has 2 aromatic rings. The van der Waals surface area contributed by atoms with Crippen LogP contribution in [0.2, 0.25) is 5.02 Å². The first-order chi connectivity index (χ1) is 9.61. The summed E-state index contributed by atoms with van der Waals surface area (Å²) in [5.74, 6) is -0.153. The fraction of sp³-hybridized carbons (Fsp3) is 0.188. The number of anilines is 1. The van der Waals surface area contributed by atoms with Crippen molar-refractivity contribution < 1.29 is 4.79 Å². The minimum atomic E-state index is -0.153. The predicted molar refractivity (Wildman–Crippen MR) is 82.9 cm³/mol. The van der Waals surface area contributed by atoms with Gasteiger partial charge in [0.1, 0.15) is 0 Å². The molecule has 0 radical (unpaired) electrons. The molecule has 0 saturated heterocycles. The first-order valence-corrected chi connectivity index (χ1v) is 6.89. The molecule has 1 amide bonds. The molecule has 3 N–H and O–H groups in total. The van der Waals surface area contributed by atoms with Crippen molar-refractivity contribution in [3.63, 3.8) is 0 Å². The normalized spacial score (nSPS) is 10.3. The largest absolute Gasteiger partial charge is 0.398 e. The Hall–Kier alpha value is -2.00. The van der Waals surface area contributed by atoms with Crippen LogP contribution in [0.25, 0.3) is 0 Å². The van der Waals surface area contributed by atoms with Crippen molar-refractivity contribution >= 4 is 23.2 Å². The van der Waals surface area contributed by atoms with Gasteiger partial charge in [-0.3, -0.25) is 4.79 Å². The molecule has 0 fully saturated rings. The van der Waals surface area contributed by atoms with Crippen LogP contribution >= 0.6 is 11.6 Å². The number of amides is 1. The smallest absolute Gasteiger partial charge is 0.251 e. The second kappa shape index (κ2) is 6.44. The zero-order valence-electron chi connectivity index (χ0n) is 11.3. The van der Waals surface area contributed by atoms with Gasteiger partial charge in [-0.15, -0.1) is 0 Å². The Morgan fingerprint density at radius 1 is 1.20 bits per heavy atom. The topological polar surface area (TPSA) is 55.1 Å². The van der Waals surface area contributed by atoms with Crippen LogP contribution in [0.15, 0.2) is 42.5 Å². The minimum Gasteiger partial charge on any atom is -0.398 e. The third-order valence-electron chi connectivity index (χ3n) is 3.20. The molecule has 0 bridgehead atoms. The third-order valence-corrected chi connectivity index (χ3v) is 3.54. The van der Waals surface area contributed by atoms with Gasteiger partial charge in [-0.25, -0.2) is 0 Å². The van der Waals surface area contributed by atoms with E-state index in [1.807, 2.05) is 18.2 Å². The molecule has 0 unspecified atom stereocenters.